The highest BCUT2D eigenvalue weighted by Gasteiger charge is 2.17. The van der Waals surface area contributed by atoms with E-state index in [0.29, 0.717) is 5.92 Å². The van der Waals surface area contributed by atoms with Crippen LogP contribution in [-0.2, 0) is 6.42 Å². The lowest BCUT2D eigenvalue weighted by molar-refractivity contribution is 0.726. The average Bonchev–Trinajstić information content (AvgIpc) is 2.91. The molecule has 0 aliphatic carbocycles. The van der Waals surface area contributed by atoms with Crippen molar-refractivity contribution >= 4 is 0 Å². The first-order valence-electron chi connectivity index (χ1n) is 7.92. The Morgan fingerprint density at radius 1 is 0.955 bits per heavy atom. The molecule has 1 unspecified atom stereocenters. The van der Waals surface area contributed by atoms with E-state index in [1.807, 2.05) is 0 Å². The largest absolute Gasteiger partial charge is 0.345 e. The number of aromatic amines is 1. The van der Waals surface area contributed by atoms with E-state index in [1.54, 1.807) is 0 Å². The second-order valence-corrected chi connectivity index (χ2v) is 5.73. The van der Waals surface area contributed by atoms with Gasteiger partial charge in [-0.1, -0.05) is 67.6 Å². The summed E-state index contributed by atoms with van der Waals surface area (Å²) in [4.78, 5) is 8.40. The Bertz CT molecular complexity index is 714. The molecule has 0 amide bonds. The van der Waals surface area contributed by atoms with E-state index in [-0.39, 0.29) is 0 Å². The van der Waals surface area contributed by atoms with Gasteiger partial charge in [0.15, 0.2) is 0 Å². The predicted molar refractivity (Wildman–Crippen MR) is 91.1 cm³/mol. The van der Waals surface area contributed by atoms with Gasteiger partial charge in [0.25, 0.3) is 0 Å². The highest BCUT2D eigenvalue weighted by Crippen LogP contribution is 2.26. The van der Waals surface area contributed by atoms with E-state index >= 15 is 0 Å². The van der Waals surface area contributed by atoms with Crippen LogP contribution >= 0.6 is 0 Å². The molecule has 0 saturated heterocycles. The zero-order chi connectivity index (χ0) is 15.4. The summed E-state index contributed by atoms with van der Waals surface area (Å²) in [6.07, 6.45) is 1.93. The van der Waals surface area contributed by atoms with Crippen LogP contribution in [-0.4, -0.2) is 9.97 Å². The molecule has 3 rings (SSSR count). The predicted octanol–water partition coefficient (Wildman–Crippen LogP) is 4.85. The molecular weight excluding hydrogens is 268 g/mol. The number of aryl methyl sites for hydroxylation is 1. The minimum Gasteiger partial charge on any atom is -0.345 e. The standard InChI is InChI=1S/C20H22N2/c1-3-18(17-12-8-5-9-13-17)20-21-15(2)19(22-20)14-16-10-6-4-7-11-16/h4-13,18H,3,14H2,1-2H3,(H,21,22). The van der Waals surface area contributed by atoms with Crippen molar-refractivity contribution in [3.05, 3.63) is 89.0 Å². The van der Waals surface area contributed by atoms with Gasteiger partial charge in [0.2, 0.25) is 0 Å². The number of hydrogen-bond donors (Lipinski definition) is 1. The molecule has 0 radical (unpaired) electrons. The highest BCUT2D eigenvalue weighted by atomic mass is 14.9. The normalized spacial score (nSPS) is 12.3. The molecule has 0 spiro atoms. The Hall–Kier alpha value is -2.35. The number of rotatable bonds is 5. The average molecular weight is 290 g/mol. The number of nitrogens with zero attached hydrogens (tertiary/aromatic N) is 1. The summed E-state index contributed by atoms with van der Waals surface area (Å²) in [6, 6.07) is 21.1. The summed E-state index contributed by atoms with van der Waals surface area (Å²) < 4.78 is 0. The Balaban J connectivity index is 1.88. The van der Waals surface area contributed by atoms with E-state index in [1.165, 1.54) is 16.8 Å². The first-order valence-corrected chi connectivity index (χ1v) is 7.92. The van der Waals surface area contributed by atoms with E-state index in [0.717, 1.165) is 24.4 Å². The number of hydrogen-bond acceptors (Lipinski definition) is 1. The van der Waals surface area contributed by atoms with Crippen molar-refractivity contribution in [2.75, 3.05) is 0 Å². The first kappa shape index (κ1) is 14.6. The van der Waals surface area contributed by atoms with Crippen molar-refractivity contribution < 1.29 is 0 Å². The lowest BCUT2D eigenvalue weighted by atomic mass is 9.96. The molecule has 1 atom stereocenters. The van der Waals surface area contributed by atoms with Gasteiger partial charge in [-0.15, -0.1) is 0 Å². The maximum Gasteiger partial charge on any atom is 0.114 e. The van der Waals surface area contributed by atoms with Crippen molar-refractivity contribution in [1.29, 1.82) is 0 Å². The fraction of sp³-hybridized carbons (Fsp3) is 0.250. The Morgan fingerprint density at radius 2 is 1.59 bits per heavy atom. The zero-order valence-corrected chi connectivity index (χ0v) is 13.2. The maximum atomic E-state index is 4.90. The second kappa shape index (κ2) is 6.61. The van der Waals surface area contributed by atoms with Gasteiger partial charge in [0.05, 0.1) is 5.69 Å². The minimum atomic E-state index is 0.337. The SMILES string of the molecule is CCC(c1ccccc1)c1nc(Cc2ccccc2)c(C)[nH]1. The highest BCUT2D eigenvalue weighted by molar-refractivity contribution is 5.30. The molecule has 0 aliphatic heterocycles. The molecule has 0 fully saturated rings. The molecule has 2 heteroatoms. The van der Waals surface area contributed by atoms with Crippen molar-refractivity contribution in [3.8, 4) is 0 Å². The van der Waals surface area contributed by atoms with E-state index in [9.17, 15) is 0 Å². The van der Waals surface area contributed by atoms with Crippen LogP contribution in [0.5, 0.6) is 0 Å². The van der Waals surface area contributed by atoms with Crippen LogP contribution in [0.3, 0.4) is 0 Å². The quantitative estimate of drug-likeness (QED) is 0.715. The van der Waals surface area contributed by atoms with Gasteiger partial charge in [-0.25, -0.2) is 4.98 Å². The van der Waals surface area contributed by atoms with Crippen LogP contribution in [0.4, 0.5) is 0 Å². The first-order chi connectivity index (χ1) is 10.8. The second-order valence-electron chi connectivity index (χ2n) is 5.73. The summed E-state index contributed by atoms with van der Waals surface area (Å²) in [5.41, 5.74) is 4.95. The molecular formula is C20H22N2. The summed E-state index contributed by atoms with van der Waals surface area (Å²) in [5.74, 6) is 1.42. The van der Waals surface area contributed by atoms with Gasteiger partial charge < -0.3 is 4.98 Å². The molecule has 2 aromatic carbocycles. The molecule has 3 aromatic rings. The van der Waals surface area contributed by atoms with Crippen LogP contribution in [0.1, 0.15) is 47.6 Å². The number of imidazole rings is 1. The smallest absolute Gasteiger partial charge is 0.114 e. The fourth-order valence-corrected chi connectivity index (χ4v) is 2.92. The minimum absolute atomic E-state index is 0.337. The lowest BCUT2D eigenvalue weighted by Crippen LogP contribution is -2.02. The molecule has 1 N–H and O–H groups in total. The zero-order valence-electron chi connectivity index (χ0n) is 13.2. The maximum absolute atomic E-state index is 4.90. The summed E-state index contributed by atoms with van der Waals surface area (Å²) in [7, 11) is 0. The third kappa shape index (κ3) is 3.11. The van der Waals surface area contributed by atoms with E-state index < -0.39 is 0 Å². The van der Waals surface area contributed by atoms with Crippen molar-refractivity contribution in [3.63, 3.8) is 0 Å². The molecule has 0 aliphatic rings. The van der Waals surface area contributed by atoms with Gasteiger partial charge in [-0.3, -0.25) is 0 Å². The Morgan fingerprint density at radius 3 is 2.23 bits per heavy atom. The van der Waals surface area contributed by atoms with E-state index in [2.05, 4.69) is 79.5 Å². The van der Waals surface area contributed by atoms with E-state index in [4.69, 9.17) is 4.98 Å². The third-order valence-electron chi connectivity index (χ3n) is 4.16. The summed E-state index contributed by atoms with van der Waals surface area (Å²) in [6.45, 7) is 4.33. The number of nitrogens with one attached hydrogen (secondary N) is 1. The van der Waals surface area contributed by atoms with Gasteiger partial charge in [0.1, 0.15) is 5.82 Å². The molecule has 112 valence electrons. The molecule has 2 nitrogen and oxygen atoms in total. The Labute approximate surface area is 132 Å². The van der Waals surface area contributed by atoms with Gasteiger partial charge in [-0.2, -0.15) is 0 Å². The van der Waals surface area contributed by atoms with Crippen LogP contribution in [0.2, 0.25) is 0 Å². The molecule has 22 heavy (non-hydrogen) atoms. The third-order valence-corrected chi connectivity index (χ3v) is 4.16. The van der Waals surface area contributed by atoms with Gasteiger partial charge >= 0.3 is 0 Å². The van der Waals surface area contributed by atoms with Gasteiger partial charge in [-0.05, 0) is 24.5 Å². The summed E-state index contributed by atoms with van der Waals surface area (Å²) >= 11 is 0. The van der Waals surface area contributed by atoms with Gasteiger partial charge in [0, 0.05) is 18.0 Å². The summed E-state index contributed by atoms with van der Waals surface area (Å²) in [5, 5.41) is 0. The van der Waals surface area contributed by atoms with Crippen LogP contribution in [0, 0.1) is 6.92 Å². The number of H-pyrrole nitrogens is 1. The molecule has 0 saturated carbocycles. The Kier molecular flexibility index (Phi) is 4.38. The van der Waals surface area contributed by atoms with Crippen molar-refractivity contribution in [2.24, 2.45) is 0 Å². The van der Waals surface area contributed by atoms with Crippen LogP contribution in [0.25, 0.3) is 0 Å². The number of aromatic nitrogens is 2. The molecule has 1 heterocycles. The van der Waals surface area contributed by atoms with Crippen LogP contribution < -0.4 is 0 Å². The monoisotopic (exact) mass is 290 g/mol. The lowest BCUT2D eigenvalue weighted by Gasteiger charge is -2.12. The topological polar surface area (TPSA) is 28.7 Å². The van der Waals surface area contributed by atoms with Crippen LogP contribution in [0.15, 0.2) is 60.7 Å². The molecule has 0 bridgehead atoms. The van der Waals surface area contributed by atoms with Crippen molar-refractivity contribution in [2.45, 2.75) is 32.6 Å². The molecule has 1 aromatic heterocycles. The number of benzene rings is 2. The fourth-order valence-electron chi connectivity index (χ4n) is 2.92. The van der Waals surface area contributed by atoms with Crippen molar-refractivity contribution in [1.82, 2.24) is 9.97 Å².